The molecule has 0 saturated heterocycles. The van der Waals surface area contributed by atoms with Gasteiger partial charge in [-0.15, -0.1) is 0 Å². The Bertz CT molecular complexity index is 482. The number of fused-ring (bicyclic) bond motifs is 2. The molecule has 0 nitrogen and oxygen atoms in total. The number of allylic oxidation sites excluding steroid dienone is 8. The third kappa shape index (κ3) is 5.66. The third-order valence-electron chi connectivity index (χ3n) is 6.23. The molecule has 0 amide bonds. The van der Waals surface area contributed by atoms with Crippen LogP contribution in [0, 0.1) is 59.3 Å². The molecule has 2 fully saturated rings. The molecular weight excluding hydrogens is 379 g/mol. The van der Waals surface area contributed by atoms with Crippen molar-refractivity contribution in [2.24, 2.45) is 29.6 Å². The first-order valence-corrected chi connectivity index (χ1v) is 8.64. The maximum Gasteiger partial charge on any atom is 4.00 e. The van der Waals surface area contributed by atoms with Gasteiger partial charge in [0.1, 0.15) is 0 Å². The van der Waals surface area contributed by atoms with Crippen LogP contribution in [0.15, 0.2) is 48.1 Å². The number of hydrogen-bond donors (Lipinski definition) is 0. The second-order valence-electron chi connectivity index (χ2n) is 7.21. The van der Waals surface area contributed by atoms with Gasteiger partial charge in [-0.25, -0.2) is 0 Å². The Balaban J connectivity index is 0. The Morgan fingerprint density at radius 3 is 2.28 bits per heavy atom. The SMILES string of the molecule is C1=CC2CCCC2C(CCC2CCC3C=CC=CC32)=C1.[CH3-].[CH3-].[CH3-].[CH3-].[Zr+4]. The van der Waals surface area contributed by atoms with Crippen molar-refractivity contribution in [2.45, 2.75) is 44.9 Å². The van der Waals surface area contributed by atoms with E-state index in [1.54, 1.807) is 5.57 Å². The molecule has 138 valence electrons. The summed E-state index contributed by atoms with van der Waals surface area (Å²) in [6.45, 7) is 0. The van der Waals surface area contributed by atoms with Crippen LogP contribution in [0.2, 0.25) is 0 Å². The molecule has 0 spiro atoms. The van der Waals surface area contributed by atoms with Crippen LogP contribution in [0.3, 0.4) is 0 Å². The van der Waals surface area contributed by atoms with Crippen molar-refractivity contribution in [3.63, 3.8) is 0 Å². The zero-order valence-corrected chi connectivity index (χ0v) is 19.3. The Labute approximate surface area is 178 Å². The zero-order chi connectivity index (χ0) is 13.4. The van der Waals surface area contributed by atoms with Gasteiger partial charge >= 0.3 is 26.2 Å². The normalized spacial score (nSPS) is 33.3. The molecule has 0 bridgehead atoms. The molecule has 0 radical (unpaired) electrons. The van der Waals surface area contributed by atoms with Crippen LogP contribution < -0.4 is 0 Å². The van der Waals surface area contributed by atoms with Crippen molar-refractivity contribution in [1.29, 1.82) is 0 Å². The molecule has 2 saturated carbocycles. The van der Waals surface area contributed by atoms with Gasteiger partial charge in [0.05, 0.1) is 0 Å². The summed E-state index contributed by atoms with van der Waals surface area (Å²) in [5.74, 6) is 4.42. The quantitative estimate of drug-likeness (QED) is 0.424. The summed E-state index contributed by atoms with van der Waals surface area (Å²) in [5.41, 5.74) is 1.77. The molecule has 0 aromatic heterocycles. The van der Waals surface area contributed by atoms with E-state index >= 15 is 0 Å². The van der Waals surface area contributed by atoms with Gasteiger partial charge in [-0.1, -0.05) is 54.5 Å². The minimum atomic E-state index is 0. The second kappa shape index (κ2) is 12.3. The fourth-order valence-electron chi connectivity index (χ4n) is 5.15. The predicted octanol–water partition coefficient (Wildman–Crippen LogP) is 7.25. The van der Waals surface area contributed by atoms with Gasteiger partial charge in [0.15, 0.2) is 0 Å². The predicted molar refractivity (Wildman–Crippen MR) is 111 cm³/mol. The summed E-state index contributed by atoms with van der Waals surface area (Å²) in [7, 11) is 0. The van der Waals surface area contributed by atoms with Crippen LogP contribution in [0.1, 0.15) is 44.9 Å². The van der Waals surface area contributed by atoms with Crippen molar-refractivity contribution in [2.75, 3.05) is 0 Å². The summed E-state index contributed by atoms with van der Waals surface area (Å²) in [6, 6.07) is 0. The molecule has 4 aliphatic carbocycles. The summed E-state index contributed by atoms with van der Waals surface area (Å²) in [4.78, 5) is 0. The smallest absolute Gasteiger partial charge is 0.358 e. The molecular formula is C24H38Zr. The van der Waals surface area contributed by atoms with Gasteiger partial charge in [-0.05, 0) is 68.1 Å². The maximum atomic E-state index is 2.48. The molecule has 5 unspecified atom stereocenters. The van der Waals surface area contributed by atoms with E-state index in [2.05, 4.69) is 42.5 Å². The van der Waals surface area contributed by atoms with E-state index in [0.29, 0.717) is 0 Å². The van der Waals surface area contributed by atoms with E-state index in [9.17, 15) is 0 Å². The largest absolute Gasteiger partial charge is 4.00 e. The van der Waals surface area contributed by atoms with Gasteiger partial charge in [-0.3, -0.25) is 0 Å². The standard InChI is InChI=1S/C20H26.4CH3.Zr/c1-2-9-19-16(5-1)11-13-18(19)14-12-17-7-3-6-15-8-4-10-20(15)17;;;;;/h1-3,5-7,9,15-16,18-20H,4,8,10-14H2;4*1H3;/q;4*-1;+4. The molecule has 25 heavy (non-hydrogen) atoms. The van der Waals surface area contributed by atoms with Crippen molar-refractivity contribution in [1.82, 2.24) is 0 Å². The monoisotopic (exact) mass is 416 g/mol. The first-order chi connectivity index (χ1) is 9.92. The average molecular weight is 418 g/mol. The maximum absolute atomic E-state index is 2.48. The van der Waals surface area contributed by atoms with Crippen LogP contribution in [0.5, 0.6) is 0 Å². The minimum absolute atomic E-state index is 0. The summed E-state index contributed by atoms with van der Waals surface area (Å²) >= 11 is 0. The van der Waals surface area contributed by atoms with Gasteiger partial charge in [0.25, 0.3) is 0 Å². The Kier molecular flexibility index (Phi) is 13.3. The molecule has 4 rings (SSSR count). The van der Waals surface area contributed by atoms with Crippen LogP contribution in [-0.2, 0) is 26.2 Å². The summed E-state index contributed by atoms with van der Waals surface area (Å²) in [5, 5.41) is 0. The number of rotatable bonds is 3. The van der Waals surface area contributed by atoms with Crippen molar-refractivity contribution >= 4 is 0 Å². The fraction of sp³-hybridized carbons (Fsp3) is 0.500. The van der Waals surface area contributed by atoms with Crippen LogP contribution in [0.25, 0.3) is 0 Å². The molecule has 0 heterocycles. The second-order valence-corrected chi connectivity index (χ2v) is 7.21. The third-order valence-corrected chi connectivity index (χ3v) is 6.23. The van der Waals surface area contributed by atoms with Crippen LogP contribution in [-0.4, -0.2) is 0 Å². The van der Waals surface area contributed by atoms with Crippen LogP contribution in [0.4, 0.5) is 0 Å². The van der Waals surface area contributed by atoms with Crippen molar-refractivity contribution in [3.8, 4) is 0 Å². The molecule has 0 aliphatic heterocycles. The zero-order valence-electron chi connectivity index (χ0n) is 16.9. The Hall–Kier alpha value is -0.157. The summed E-state index contributed by atoms with van der Waals surface area (Å²) < 4.78 is 0. The topological polar surface area (TPSA) is 0 Å². The fourth-order valence-corrected chi connectivity index (χ4v) is 5.15. The molecule has 0 aromatic carbocycles. The van der Waals surface area contributed by atoms with E-state index in [0.717, 1.165) is 29.6 Å². The molecule has 0 N–H and O–H groups in total. The van der Waals surface area contributed by atoms with E-state index in [1.165, 1.54) is 44.9 Å². The summed E-state index contributed by atoms with van der Waals surface area (Å²) in [6.07, 6.45) is 26.6. The van der Waals surface area contributed by atoms with Gasteiger partial charge in [0.2, 0.25) is 0 Å². The minimum Gasteiger partial charge on any atom is -0.358 e. The first kappa shape index (κ1) is 27.1. The van der Waals surface area contributed by atoms with E-state index in [1.807, 2.05) is 0 Å². The van der Waals surface area contributed by atoms with Gasteiger partial charge in [0, 0.05) is 0 Å². The average Bonchev–Trinajstić information content (AvgIpc) is 3.12. The Morgan fingerprint density at radius 1 is 0.760 bits per heavy atom. The molecule has 5 atom stereocenters. The van der Waals surface area contributed by atoms with Crippen molar-refractivity contribution in [3.05, 3.63) is 77.8 Å². The number of hydrogen-bond acceptors (Lipinski definition) is 0. The Morgan fingerprint density at radius 2 is 1.48 bits per heavy atom. The van der Waals surface area contributed by atoms with E-state index in [4.69, 9.17) is 0 Å². The molecule has 0 aromatic rings. The van der Waals surface area contributed by atoms with Gasteiger partial charge in [-0.2, -0.15) is 0 Å². The molecule has 4 aliphatic rings. The van der Waals surface area contributed by atoms with Gasteiger partial charge < -0.3 is 29.7 Å². The van der Waals surface area contributed by atoms with Crippen LogP contribution >= 0.6 is 0 Å². The first-order valence-electron chi connectivity index (χ1n) is 8.64. The molecule has 1 heteroatoms. The van der Waals surface area contributed by atoms with E-state index < -0.39 is 0 Å². The van der Waals surface area contributed by atoms with Crippen molar-refractivity contribution < 1.29 is 26.2 Å². The van der Waals surface area contributed by atoms with E-state index in [-0.39, 0.29) is 55.9 Å².